The summed E-state index contributed by atoms with van der Waals surface area (Å²) in [5.74, 6) is 0.729. The minimum atomic E-state index is 0.0126. The van der Waals surface area contributed by atoms with E-state index in [1.54, 1.807) is 30.6 Å². The number of carbonyl (C=O) groups is 1. The fraction of sp³-hybridized carbons (Fsp3) is 0.235. The number of benzene rings is 1. The van der Waals surface area contributed by atoms with Gasteiger partial charge in [-0.2, -0.15) is 0 Å². The molecule has 1 saturated heterocycles. The quantitative estimate of drug-likeness (QED) is 0.812. The highest BCUT2D eigenvalue weighted by Gasteiger charge is 2.20. The molecule has 0 N–H and O–H groups in total. The maximum Gasteiger partial charge on any atom is 0.246 e. The van der Waals surface area contributed by atoms with E-state index >= 15 is 0 Å². The molecule has 0 radical (unpaired) electrons. The molecule has 3 rings (SSSR count). The van der Waals surface area contributed by atoms with Crippen LogP contribution >= 0.6 is 11.6 Å². The van der Waals surface area contributed by atoms with E-state index in [0.29, 0.717) is 24.1 Å². The Morgan fingerprint density at radius 1 is 1.09 bits per heavy atom. The first-order valence-electron chi connectivity index (χ1n) is 7.47. The minimum absolute atomic E-state index is 0.0126. The Kier molecular flexibility index (Phi) is 4.88. The summed E-state index contributed by atoms with van der Waals surface area (Å²) in [7, 11) is 0. The van der Waals surface area contributed by atoms with E-state index in [4.69, 9.17) is 11.6 Å². The number of carbonyl (C=O) groups excluding carboxylic acids is 1. The number of hydrogen-bond donors (Lipinski definition) is 0. The molecule has 0 atom stereocenters. The number of amides is 1. The fourth-order valence-electron chi connectivity index (χ4n) is 2.46. The first-order valence-corrected chi connectivity index (χ1v) is 7.85. The Labute approximate surface area is 140 Å². The van der Waals surface area contributed by atoms with Crippen molar-refractivity contribution in [2.24, 2.45) is 0 Å². The summed E-state index contributed by atoms with van der Waals surface area (Å²) in [6.07, 6.45) is 6.85. The number of nitrogens with zero attached hydrogens (tertiary/aromatic N) is 4. The molecular weight excluding hydrogens is 312 g/mol. The third kappa shape index (κ3) is 4.07. The summed E-state index contributed by atoms with van der Waals surface area (Å²) in [5, 5.41) is 0.663. The van der Waals surface area contributed by atoms with Crippen LogP contribution in [-0.4, -0.2) is 47.0 Å². The van der Waals surface area contributed by atoms with Gasteiger partial charge in [0.1, 0.15) is 0 Å². The molecule has 6 heteroatoms. The first-order chi connectivity index (χ1) is 11.2. The Bertz CT molecular complexity index is 697. The molecule has 1 aliphatic rings. The lowest BCUT2D eigenvalue weighted by atomic mass is 10.2. The van der Waals surface area contributed by atoms with Crippen molar-refractivity contribution in [2.75, 3.05) is 31.1 Å². The van der Waals surface area contributed by atoms with E-state index in [1.807, 2.05) is 29.2 Å². The highest BCUT2D eigenvalue weighted by atomic mass is 35.5. The second-order valence-electron chi connectivity index (χ2n) is 5.25. The molecule has 0 aliphatic carbocycles. The fourth-order valence-corrected chi connectivity index (χ4v) is 2.66. The average molecular weight is 329 g/mol. The van der Waals surface area contributed by atoms with Crippen LogP contribution in [0.4, 0.5) is 5.95 Å². The highest BCUT2D eigenvalue weighted by Crippen LogP contribution is 2.13. The first kappa shape index (κ1) is 15.5. The van der Waals surface area contributed by atoms with Crippen molar-refractivity contribution < 1.29 is 4.79 Å². The Morgan fingerprint density at radius 3 is 2.52 bits per heavy atom. The van der Waals surface area contributed by atoms with E-state index in [2.05, 4.69) is 14.9 Å². The summed E-state index contributed by atoms with van der Waals surface area (Å²) >= 11 is 5.94. The van der Waals surface area contributed by atoms with E-state index in [1.165, 1.54) is 0 Å². The molecule has 1 amide bonds. The van der Waals surface area contributed by atoms with Crippen LogP contribution < -0.4 is 4.90 Å². The molecule has 0 unspecified atom stereocenters. The van der Waals surface area contributed by atoms with Crippen molar-refractivity contribution in [2.45, 2.75) is 0 Å². The van der Waals surface area contributed by atoms with Crippen molar-refractivity contribution in [3.63, 3.8) is 0 Å². The van der Waals surface area contributed by atoms with Crippen molar-refractivity contribution in [3.8, 4) is 0 Å². The van der Waals surface area contributed by atoms with Crippen molar-refractivity contribution in [1.29, 1.82) is 0 Å². The molecule has 1 aromatic carbocycles. The molecule has 0 saturated carbocycles. The number of hydrogen-bond acceptors (Lipinski definition) is 4. The number of halogens is 1. The van der Waals surface area contributed by atoms with Gasteiger partial charge in [-0.15, -0.1) is 0 Å². The van der Waals surface area contributed by atoms with E-state index < -0.39 is 0 Å². The van der Waals surface area contributed by atoms with Gasteiger partial charge in [-0.3, -0.25) is 4.79 Å². The van der Waals surface area contributed by atoms with Crippen LogP contribution in [-0.2, 0) is 4.79 Å². The molecule has 2 aromatic rings. The standard InChI is InChI=1S/C17H17ClN4O/c18-15-4-1-3-14(13-15)5-6-16(23)21-9-11-22(12-10-21)17-19-7-2-8-20-17/h1-8,13H,9-12H2. The van der Waals surface area contributed by atoms with Crippen molar-refractivity contribution in [1.82, 2.24) is 14.9 Å². The minimum Gasteiger partial charge on any atom is -0.337 e. The van der Waals surface area contributed by atoms with Gasteiger partial charge in [0.25, 0.3) is 0 Å². The number of anilines is 1. The van der Waals surface area contributed by atoms with Crippen LogP contribution in [0.3, 0.4) is 0 Å². The molecule has 2 heterocycles. The largest absolute Gasteiger partial charge is 0.337 e. The second kappa shape index (κ2) is 7.24. The smallest absolute Gasteiger partial charge is 0.246 e. The zero-order chi connectivity index (χ0) is 16.1. The molecule has 0 bridgehead atoms. The van der Waals surface area contributed by atoms with E-state index in [-0.39, 0.29) is 5.91 Å². The molecule has 1 fully saturated rings. The van der Waals surface area contributed by atoms with Crippen LogP contribution in [0, 0.1) is 0 Å². The molecule has 1 aromatic heterocycles. The number of rotatable bonds is 3. The maximum atomic E-state index is 12.3. The van der Waals surface area contributed by atoms with Crippen LogP contribution in [0.25, 0.3) is 6.08 Å². The molecule has 118 valence electrons. The van der Waals surface area contributed by atoms with Gasteiger partial charge in [0.15, 0.2) is 0 Å². The third-order valence-corrected chi connectivity index (χ3v) is 3.93. The number of aromatic nitrogens is 2. The maximum absolute atomic E-state index is 12.3. The Hall–Kier alpha value is -2.40. The summed E-state index contributed by atoms with van der Waals surface area (Å²) in [6, 6.07) is 9.22. The SMILES string of the molecule is O=C(C=Cc1cccc(Cl)c1)N1CCN(c2ncccn2)CC1. The predicted molar refractivity (Wildman–Crippen MR) is 91.3 cm³/mol. The Morgan fingerprint density at radius 2 is 1.83 bits per heavy atom. The molecule has 0 spiro atoms. The summed E-state index contributed by atoms with van der Waals surface area (Å²) in [6.45, 7) is 2.80. The monoisotopic (exact) mass is 328 g/mol. The van der Waals surface area contributed by atoms with Crippen molar-refractivity contribution >= 4 is 29.5 Å². The van der Waals surface area contributed by atoms with Gasteiger partial charge in [-0.1, -0.05) is 23.7 Å². The van der Waals surface area contributed by atoms with Crippen LogP contribution in [0.5, 0.6) is 0 Å². The zero-order valence-corrected chi connectivity index (χ0v) is 13.4. The van der Waals surface area contributed by atoms with Crippen LogP contribution in [0.15, 0.2) is 48.8 Å². The lowest BCUT2D eigenvalue weighted by Gasteiger charge is -2.34. The summed E-state index contributed by atoms with van der Waals surface area (Å²) in [5.41, 5.74) is 0.919. The molecule has 23 heavy (non-hydrogen) atoms. The predicted octanol–water partition coefficient (Wildman–Crippen LogP) is 2.49. The molecular formula is C17H17ClN4O. The summed E-state index contributed by atoms with van der Waals surface area (Å²) < 4.78 is 0. The third-order valence-electron chi connectivity index (χ3n) is 3.69. The van der Waals surface area contributed by atoms with Crippen LogP contribution in [0.1, 0.15) is 5.56 Å². The average Bonchev–Trinajstić information content (AvgIpc) is 2.61. The van der Waals surface area contributed by atoms with Gasteiger partial charge in [-0.25, -0.2) is 9.97 Å². The van der Waals surface area contributed by atoms with E-state index in [0.717, 1.165) is 18.7 Å². The van der Waals surface area contributed by atoms with Gasteiger partial charge in [0.05, 0.1) is 0 Å². The highest BCUT2D eigenvalue weighted by molar-refractivity contribution is 6.30. The van der Waals surface area contributed by atoms with Gasteiger partial charge in [0, 0.05) is 49.7 Å². The van der Waals surface area contributed by atoms with Gasteiger partial charge >= 0.3 is 0 Å². The lowest BCUT2D eigenvalue weighted by Crippen LogP contribution is -2.48. The zero-order valence-electron chi connectivity index (χ0n) is 12.6. The Balaban J connectivity index is 1.56. The van der Waals surface area contributed by atoms with Crippen LogP contribution in [0.2, 0.25) is 5.02 Å². The normalized spacial score (nSPS) is 15.2. The molecule has 1 aliphatic heterocycles. The van der Waals surface area contributed by atoms with Gasteiger partial charge in [-0.05, 0) is 29.8 Å². The van der Waals surface area contributed by atoms with Gasteiger partial charge in [0.2, 0.25) is 11.9 Å². The van der Waals surface area contributed by atoms with Crippen molar-refractivity contribution in [3.05, 3.63) is 59.4 Å². The second-order valence-corrected chi connectivity index (χ2v) is 5.69. The topological polar surface area (TPSA) is 49.3 Å². The van der Waals surface area contributed by atoms with E-state index in [9.17, 15) is 4.79 Å². The summed E-state index contributed by atoms with van der Waals surface area (Å²) in [4.78, 5) is 24.7. The number of piperazine rings is 1. The van der Waals surface area contributed by atoms with Gasteiger partial charge < -0.3 is 9.80 Å². The lowest BCUT2D eigenvalue weighted by molar-refractivity contribution is -0.126. The molecule has 5 nitrogen and oxygen atoms in total.